The maximum atomic E-state index is 11.7. The molecule has 0 saturated carbocycles. The van der Waals surface area contributed by atoms with Gasteiger partial charge in [-0.3, -0.25) is 9.69 Å². The summed E-state index contributed by atoms with van der Waals surface area (Å²) in [5, 5.41) is 8.68. The van der Waals surface area contributed by atoms with Gasteiger partial charge in [0.25, 0.3) is 0 Å². The fraction of sp³-hybridized carbons (Fsp3) is 0.471. The van der Waals surface area contributed by atoms with Gasteiger partial charge in [0.2, 0.25) is 5.91 Å². The molecule has 0 aliphatic carbocycles. The van der Waals surface area contributed by atoms with Gasteiger partial charge >= 0.3 is 0 Å². The van der Waals surface area contributed by atoms with Gasteiger partial charge in [0.15, 0.2) is 0 Å². The van der Waals surface area contributed by atoms with Crippen molar-refractivity contribution in [3.63, 3.8) is 0 Å². The second kappa shape index (κ2) is 6.30. The van der Waals surface area contributed by atoms with Crippen molar-refractivity contribution in [3.8, 4) is 11.8 Å². The Balaban J connectivity index is 1.58. The van der Waals surface area contributed by atoms with Crippen LogP contribution in [0, 0.1) is 11.8 Å². The first kappa shape index (κ1) is 14.1. The van der Waals surface area contributed by atoms with Crippen LogP contribution in [0.3, 0.4) is 0 Å². The van der Waals surface area contributed by atoms with Crippen LogP contribution in [-0.4, -0.2) is 53.1 Å². The number of carbonyl (C=O) groups excluding carboxylic acids is 1. The maximum Gasteiger partial charge on any atom is 0.222 e. The molecule has 2 saturated heterocycles. The topological polar surface area (TPSA) is 43.8 Å². The Labute approximate surface area is 125 Å². The van der Waals surface area contributed by atoms with Gasteiger partial charge in [-0.05, 0) is 24.1 Å². The quantitative estimate of drug-likeness (QED) is 0.818. The highest BCUT2D eigenvalue weighted by molar-refractivity contribution is 5.78. The van der Waals surface area contributed by atoms with E-state index in [1.807, 2.05) is 17.0 Å². The van der Waals surface area contributed by atoms with E-state index in [1.54, 1.807) is 0 Å². The summed E-state index contributed by atoms with van der Waals surface area (Å²) in [6.07, 6.45) is 1.72. The molecule has 4 heteroatoms. The van der Waals surface area contributed by atoms with E-state index < -0.39 is 0 Å². The number of amides is 1. The Kier molecular flexibility index (Phi) is 4.23. The summed E-state index contributed by atoms with van der Waals surface area (Å²) in [7, 11) is 0. The first-order valence-electron chi connectivity index (χ1n) is 7.47. The minimum atomic E-state index is -0.105. The molecule has 0 radical (unpaired) electrons. The fourth-order valence-corrected chi connectivity index (χ4v) is 3.17. The smallest absolute Gasteiger partial charge is 0.222 e. The SMILES string of the molecule is O=C1CCC2CN(Cc3ccc(C#CCO)cc3)CCN12. The third kappa shape index (κ3) is 3.26. The van der Waals surface area contributed by atoms with Crippen molar-refractivity contribution in [3.05, 3.63) is 35.4 Å². The molecule has 2 fully saturated rings. The Morgan fingerprint density at radius 2 is 2.05 bits per heavy atom. The lowest BCUT2D eigenvalue weighted by atomic mass is 10.1. The Morgan fingerprint density at radius 1 is 1.24 bits per heavy atom. The van der Waals surface area contributed by atoms with Crippen LogP contribution in [0.1, 0.15) is 24.0 Å². The highest BCUT2D eigenvalue weighted by Crippen LogP contribution is 2.23. The maximum absolute atomic E-state index is 11.7. The number of hydrogen-bond acceptors (Lipinski definition) is 3. The van der Waals surface area contributed by atoms with Crippen molar-refractivity contribution in [2.24, 2.45) is 0 Å². The predicted molar refractivity (Wildman–Crippen MR) is 80.4 cm³/mol. The monoisotopic (exact) mass is 284 g/mol. The average molecular weight is 284 g/mol. The van der Waals surface area contributed by atoms with E-state index in [0.717, 1.165) is 44.6 Å². The summed E-state index contributed by atoms with van der Waals surface area (Å²) in [6.45, 7) is 3.62. The number of rotatable bonds is 2. The zero-order valence-electron chi connectivity index (χ0n) is 12.1. The molecule has 2 heterocycles. The highest BCUT2D eigenvalue weighted by Gasteiger charge is 2.35. The van der Waals surface area contributed by atoms with Gasteiger partial charge in [-0.1, -0.05) is 24.0 Å². The lowest BCUT2D eigenvalue weighted by Gasteiger charge is -2.37. The summed E-state index contributed by atoms with van der Waals surface area (Å²) >= 11 is 0. The van der Waals surface area contributed by atoms with E-state index in [0.29, 0.717) is 11.9 Å². The number of hydrogen-bond donors (Lipinski definition) is 1. The molecule has 1 amide bonds. The predicted octanol–water partition coefficient (Wildman–Crippen LogP) is 0.837. The van der Waals surface area contributed by atoms with Crippen LogP contribution in [0.5, 0.6) is 0 Å². The molecule has 1 atom stereocenters. The van der Waals surface area contributed by atoms with Gasteiger partial charge in [0, 0.05) is 44.2 Å². The van der Waals surface area contributed by atoms with Crippen LogP contribution >= 0.6 is 0 Å². The Hall–Kier alpha value is -1.83. The van der Waals surface area contributed by atoms with E-state index in [2.05, 4.69) is 28.9 Å². The molecule has 1 aromatic rings. The number of aliphatic hydroxyl groups excluding tert-OH is 1. The highest BCUT2D eigenvalue weighted by atomic mass is 16.2. The Morgan fingerprint density at radius 3 is 2.81 bits per heavy atom. The van der Waals surface area contributed by atoms with Crippen molar-refractivity contribution >= 4 is 5.91 Å². The van der Waals surface area contributed by atoms with E-state index >= 15 is 0 Å². The number of nitrogens with zero attached hydrogens (tertiary/aromatic N) is 2. The molecule has 0 spiro atoms. The van der Waals surface area contributed by atoms with Gasteiger partial charge in [0.05, 0.1) is 0 Å². The Bertz CT molecular complexity index is 571. The third-order valence-electron chi connectivity index (χ3n) is 4.25. The largest absolute Gasteiger partial charge is 0.384 e. The molecule has 1 N–H and O–H groups in total. The van der Waals surface area contributed by atoms with Crippen molar-refractivity contribution < 1.29 is 9.90 Å². The molecular formula is C17H20N2O2. The summed E-state index contributed by atoms with van der Waals surface area (Å²) in [4.78, 5) is 16.1. The van der Waals surface area contributed by atoms with Gasteiger partial charge in [-0.15, -0.1) is 0 Å². The summed E-state index contributed by atoms with van der Waals surface area (Å²) < 4.78 is 0. The first-order valence-corrected chi connectivity index (χ1v) is 7.47. The first-order chi connectivity index (χ1) is 10.3. The third-order valence-corrected chi connectivity index (χ3v) is 4.25. The average Bonchev–Trinajstić information content (AvgIpc) is 2.87. The second-order valence-corrected chi connectivity index (χ2v) is 5.67. The number of fused-ring (bicyclic) bond motifs is 1. The lowest BCUT2D eigenvalue weighted by molar-refractivity contribution is -0.130. The van der Waals surface area contributed by atoms with Gasteiger partial charge in [-0.25, -0.2) is 0 Å². The standard InChI is InChI=1S/C17H20N2O2/c20-11-1-2-14-3-5-15(6-4-14)12-18-9-10-19-16(13-18)7-8-17(19)21/h3-6,16,20H,7-13H2. The van der Waals surface area contributed by atoms with Gasteiger partial charge in [-0.2, -0.15) is 0 Å². The van der Waals surface area contributed by atoms with Crippen molar-refractivity contribution in [2.45, 2.75) is 25.4 Å². The molecule has 3 rings (SSSR count). The molecule has 2 aliphatic heterocycles. The molecule has 1 unspecified atom stereocenters. The molecular weight excluding hydrogens is 264 g/mol. The zero-order chi connectivity index (χ0) is 14.7. The van der Waals surface area contributed by atoms with Crippen LogP contribution < -0.4 is 0 Å². The summed E-state index contributed by atoms with van der Waals surface area (Å²) in [5.74, 6) is 5.88. The van der Waals surface area contributed by atoms with Crippen LogP contribution in [0.25, 0.3) is 0 Å². The molecule has 2 aliphatic rings. The molecule has 1 aromatic carbocycles. The van der Waals surface area contributed by atoms with Crippen molar-refractivity contribution in [1.29, 1.82) is 0 Å². The molecule has 0 bridgehead atoms. The van der Waals surface area contributed by atoms with Crippen molar-refractivity contribution in [1.82, 2.24) is 9.80 Å². The van der Waals surface area contributed by atoms with Crippen molar-refractivity contribution in [2.75, 3.05) is 26.2 Å². The zero-order valence-corrected chi connectivity index (χ0v) is 12.1. The second-order valence-electron chi connectivity index (χ2n) is 5.67. The van der Waals surface area contributed by atoms with Gasteiger partial charge in [0.1, 0.15) is 6.61 Å². The van der Waals surface area contributed by atoms with Crippen LogP contribution in [0.4, 0.5) is 0 Å². The number of benzene rings is 1. The van der Waals surface area contributed by atoms with Crippen LogP contribution in [0.15, 0.2) is 24.3 Å². The number of piperazine rings is 1. The molecule has 0 aromatic heterocycles. The normalized spacial score (nSPS) is 21.9. The number of aliphatic hydroxyl groups is 1. The van der Waals surface area contributed by atoms with E-state index in [4.69, 9.17) is 5.11 Å². The molecule has 21 heavy (non-hydrogen) atoms. The van der Waals surface area contributed by atoms with Crippen LogP contribution in [-0.2, 0) is 11.3 Å². The van der Waals surface area contributed by atoms with E-state index in [1.165, 1.54) is 5.56 Å². The lowest BCUT2D eigenvalue weighted by Crippen LogP contribution is -2.50. The van der Waals surface area contributed by atoms with Crippen LogP contribution in [0.2, 0.25) is 0 Å². The number of carbonyl (C=O) groups is 1. The summed E-state index contributed by atoms with van der Waals surface area (Å²) in [6, 6.07) is 8.59. The molecule has 110 valence electrons. The fourth-order valence-electron chi connectivity index (χ4n) is 3.17. The summed E-state index contributed by atoms with van der Waals surface area (Å²) in [5.41, 5.74) is 2.20. The van der Waals surface area contributed by atoms with Gasteiger partial charge < -0.3 is 10.0 Å². The van der Waals surface area contributed by atoms with E-state index in [9.17, 15) is 4.79 Å². The minimum Gasteiger partial charge on any atom is -0.384 e. The van der Waals surface area contributed by atoms with E-state index in [-0.39, 0.29) is 6.61 Å². The minimum absolute atomic E-state index is 0.105. The molecule has 4 nitrogen and oxygen atoms in total.